The Bertz CT molecular complexity index is 1090. The van der Waals surface area contributed by atoms with Crippen LogP contribution in [-0.4, -0.2) is 70.9 Å². The molecule has 0 N–H and O–H groups in total. The minimum Gasteiger partial charge on any atom is -0.466 e. The Kier molecular flexibility index (Phi) is 6.55. The molecule has 0 bridgehead atoms. The summed E-state index contributed by atoms with van der Waals surface area (Å²) in [6.07, 6.45) is 0.103. The maximum atomic E-state index is 14.1. The SMILES string of the molecule is COC(=O)C1=C(C)N=C2SC=C(CC(=O)N3CCN(C(C)=O)CC3)N2C1c1cccc(F)c1. The van der Waals surface area contributed by atoms with Crippen LogP contribution in [0.5, 0.6) is 0 Å². The number of piperazine rings is 1. The van der Waals surface area contributed by atoms with Gasteiger partial charge in [-0.15, -0.1) is 0 Å². The van der Waals surface area contributed by atoms with Crippen LogP contribution in [0.25, 0.3) is 0 Å². The van der Waals surface area contributed by atoms with Crippen molar-refractivity contribution in [2.24, 2.45) is 4.99 Å². The third-order valence-corrected chi connectivity index (χ3v) is 6.87. The lowest BCUT2D eigenvalue weighted by Gasteiger charge is -2.37. The Hall–Kier alpha value is -3.14. The molecular formula is C23H25FN4O4S. The van der Waals surface area contributed by atoms with Crippen LogP contribution in [0, 0.1) is 5.82 Å². The highest BCUT2D eigenvalue weighted by molar-refractivity contribution is 8.16. The quantitative estimate of drug-likeness (QED) is 0.627. The second-order valence-electron chi connectivity index (χ2n) is 8.00. The lowest BCUT2D eigenvalue weighted by molar-refractivity contribution is -0.138. The number of carbonyl (C=O) groups is 3. The van der Waals surface area contributed by atoms with Crippen molar-refractivity contribution in [2.75, 3.05) is 33.3 Å². The van der Waals surface area contributed by atoms with Crippen LogP contribution in [0.2, 0.25) is 0 Å². The number of carbonyl (C=O) groups excluding carboxylic acids is 3. The van der Waals surface area contributed by atoms with Crippen LogP contribution < -0.4 is 0 Å². The van der Waals surface area contributed by atoms with E-state index >= 15 is 0 Å². The number of amidine groups is 1. The Morgan fingerprint density at radius 3 is 2.52 bits per heavy atom. The molecule has 1 aromatic rings. The normalized spacial score (nSPS) is 20.4. The van der Waals surface area contributed by atoms with E-state index in [1.165, 1.54) is 37.9 Å². The van der Waals surface area contributed by atoms with Crippen molar-refractivity contribution in [3.05, 3.63) is 58.0 Å². The molecule has 3 aliphatic rings. The van der Waals surface area contributed by atoms with Crippen molar-refractivity contribution in [2.45, 2.75) is 26.3 Å². The van der Waals surface area contributed by atoms with E-state index in [9.17, 15) is 18.8 Å². The number of hydrogen-bond acceptors (Lipinski definition) is 7. The zero-order valence-electron chi connectivity index (χ0n) is 18.7. The number of allylic oxidation sites excluding steroid dienone is 1. The highest BCUT2D eigenvalue weighted by atomic mass is 32.2. The molecule has 3 aliphatic heterocycles. The number of fused-ring (bicyclic) bond motifs is 1. The fourth-order valence-electron chi connectivity index (χ4n) is 4.27. The van der Waals surface area contributed by atoms with Gasteiger partial charge in [0.2, 0.25) is 11.8 Å². The van der Waals surface area contributed by atoms with Crippen molar-refractivity contribution < 1.29 is 23.5 Å². The molecule has 33 heavy (non-hydrogen) atoms. The zero-order valence-corrected chi connectivity index (χ0v) is 19.5. The molecule has 1 fully saturated rings. The van der Waals surface area contributed by atoms with E-state index in [2.05, 4.69) is 4.99 Å². The standard InChI is InChI=1S/C23H25FN4O4S/c1-14-20(22(31)32-3)21(16-5-4-6-17(24)11-16)28-18(13-33-23(28)25-14)12-19(30)27-9-7-26(8-10-27)15(2)29/h4-6,11,13,21H,7-10,12H2,1-3H3. The molecule has 0 aliphatic carbocycles. The minimum absolute atomic E-state index is 0.00148. The molecule has 4 rings (SSSR count). The molecule has 0 saturated carbocycles. The van der Waals surface area contributed by atoms with Gasteiger partial charge in [0, 0.05) is 38.8 Å². The van der Waals surface area contributed by atoms with Crippen molar-refractivity contribution in [3.8, 4) is 0 Å². The maximum absolute atomic E-state index is 14.1. The largest absolute Gasteiger partial charge is 0.466 e. The van der Waals surface area contributed by atoms with E-state index in [1.54, 1.807) is 28.9 Å². The molecule has 0 spiro atoms. The first-order valence-electron chi connectivity index (χ1n) is 10.6. The van der Waals surface area contributed by atoms with Gasteiger partial charge in [-0.05, 0) is 30.0 Å². The fraction of sp³-hybridized carbons (Fsp3) is 0.391. The number of rotatable bonds is 4. The number of methoxy groups -OCH3 is 1. The number of hydrogen-bond donors (Lipinski definition) is 0. The molecule has 1 atom stereocenters. The number of esters is 1. The molecule has 1 aromatic carbocycles. The van der Waals surface area contributed by atoms with E-state index in [0.29, 0.717) is 53.9 Å². The van der Waals surface area contributed by atoms with E-state index in [1.807, 2.05) is 10.3 Å². The van der Waals surface area contributed by atoms with Crippen LogP contribution in [0.1, 0.15) is 31.9 Å². The average molecular weight is 473 g/mol. The monoisotopic (exact) mass is 472 g/mol. The third-order valence-electron chi connectivity index (χ3n) is 5.98. The highest BCUT2D eigenvalue weighted by Gasteiger charge is 2.41. The summed E-state index contributed by atoms with van der Waals surface area (Å²) >= 11 is 1.37. The lowest BCUT2D eigenvalue weighted by atomic mass is 9.93. The van der Waals surface area contributed by atoms with Crippen LogP contribution in [0.4, 0.5) is 4.39 Å². The molecule has 174 valence electrons. The van der Waals surface area contributed by atoms with Crippen LogP contribution >= 0.6 is 11.8 Å². The lowest BCUT2D eigenvalue weighted by Crippen LogP contribution is -2.50. The van der Waals surface area contributed by atoms with Gasteiger partial charge in [0.15, 0.2) is 5.17 Å². The van der Waals surface area contributed by atoms with Gasteiger partial charge in [0.25, 0.3) is 0 Å². The number of thioether (sulfide) groups is 1. The van der Waals surface area contributed by atoms with Gasteiger partial charge >= 0.3 is 5.97 Å². The number of aliphatic imine (C=N–C) groups is 1. The summed E-state index contributed by atoms with van der Waals surface area (Å²) in [6, 6.07) is 5.40. The molecule has 0 aromatic heterocycles. The molecular weight excluding hydrogens is 447 g/mol. The Morgan fingerprint density at radius 2 is 1.88 bits per heavy atom. The van der Waals surface area contributed by atoms with Gasteiger partial charge in [-0.1, -0.05) is 23.9 Å². The van der Waals surface area contributed by atoms with Crippen LogP contribution in [-0.2, 0) is 19.1 Å². The summed E-state index contributed by atoms with van der Waals surface area (Å²) in [7, 11) is 1.30. The van der Waals surface area contributed by atoms with Gasteiger partial charge in [0.1, 0.15) is 5.82 Å². The van der Waals surface area contributed by atoms with Crippen molar-refractivity contribution in [1.82, 2.24) is 14.7 Å². The van der Waals surface area contributed by atoms with E-state index in [0.717, 1.165) is 0 Å². The first kappa shape index (κ1) is 23.0. The highest BCUT2D eigenvalue weighted by Crippen LogP contribution is 2.45. The molecule has 8 nitrogen and oxygen atoms in total. The van der Waals surface area contributed by atoms with Gasteiger partial charge < -0.3 is 19.4 Å². The Labute approximate surface area is 195 Å². The van der Waals surface area contributed by atoms with Gasteiger partial charge in [0.05, 0.1) is 30.8 Å². The van der Waals surface area contributed by atoms with Crippen LogP contribution in [0.3, 0.4) is 0 Å². The smallest absolute Gasteiger partial charge is 0.338 e. The molecule has 3 heterocycles. The van der Waals surface area contributed by atoms with Gasteiger partial charge in [-0.3, -0.25) is 9.59 Å². The molecule has 2 amide bonds. The van der Waals surface area contributed by atoms with E-state index in [-0.39, 0.29) is 18.2 Å². The molecule has 0 radical (unpaired) electrons. The van der Waals surface area contributed by atoms with Crippen LogP contribution in [0.15, 0.2) is 51.6 Å². The van der Waals surface area contributed by atoms with Gasteiger partial charge in [-0.2, -0.15) is 0 Å². The number of ether oxygens (including phenoxy) is 1. The number of benzene rings is 1. The average Bonchev–Trinajstić information content (AvgIpc) is 3.19. The van der Waals surface area contributed by atoms with Crippen molar-refractivity contribution in [3.63, 3.8) is 0 Å². The first-order valence-corrected chi connectivity index (χ1v) is 11.5. The Balaban J connectivity index is 1.61. The van der Waals surface area contributed by atoms with Crippen molar-refractivity contribution >= 4 is 34.7 Å². The van der Waals surface area contributed by atoms with E-state index < -0.39 is 17.8 Å². The second-order valence-corrected chi connectivity index (χ2v) is 8.84. The summed E-state index contributed by atoms with van der Waals surface area (Å²) < 4.78 is 19.1. The topological polar surface area (TPSA) is 82.5 Å². The predicted molar refractivity (Wildman–Crippen MR) is 122 cm³/mol. The molecule has 1 unspecified atom stereocenters. The molecule has 1 saturated heterocycles. The van der Waals surface area contributed by atoms with E-state index in [4.69, 9.17) is 4.74 Å². The zero-order chi connectivity index (χ0) is 23.7. The fourth-order valence-corrected chi connectivity index (χ4v) is 5.23. The summed E-state index contributed by atoms with van der Waals surface area (Å²) in [5.41, 5.74) is 2.05. The van der Waals surface area contributed by atoms with Crippen molar-refractivity contribution in [1.29, 1.82) is 0 Å². The number of nitrogens with zero attached hydrogens (tertiary/aromatic N) is 4. The minimum atomic E-state index is -0.663. The maximum Gasteiger partial charge on any atom is 0.338 e. The number of halogens is 1. The van der Waals surface area contributed by atoms with Gasteiger partial charge in [-0.25, -0.2) is 14.2 Å². The summed E-state index contributed by atoms with van der Waals surface area (Å²) in [5, 5.41) is 2.47. The summed E-state index contributed by atoms with van der Waals surface area (Å²) in [5.74, 6) is -1.04. The second kappa shape index (κ2) is 9.38. The summed E-state index contributed by atoms with van der Waals surface area (Å²) in [6.45, 7) is 5.20. The predicted octanol–water partition coefficient (Wildman–Crippen LogP) is 2.65. The third kappa shape index (κ3) is 4.52. The molecule has 10 heteroatoms. The number of amides is 2. The first-order chi connectivity index (χ1) is 15.8. The Morgan fingerprint density at radius 1 is 1.18 bits per heavy atom. The summed E-state index contributed by atoms with van der Waals surface area (Å²) in [4.78, 5) is 47.2.